The summed E-state index contributed by atoms with van der Waals surface area (Å²) in [6.07, 6.45) is 4.76. The Morgan fingerprint density at radius 3 is 2.65 bits per heavy atom. The third kappa shape index (κ3) is 1.82. The number of nitrogen functional groups attached to an aromatic ring is 1. The summed E-state index contributed by atoms with van der Waals surface area (Å²) >= 11 is 0. The standard InChI is InChI=1S/C16H18FN3/c1-9-2-5-11(17)8-13(9)14-15(18)20(12-6-7-12)16(19-14)10-3-4-10/h2,5,8,10,12H,3-4,6-7,18H2,1H3. The van der Waals surface area contributed by atoms with E-state index in [1.165, 1.54) is 31.7 Å². The lowest BCUT2D eigenvalue weighted by atomic mass is 10.1. The minimum Gasteiger partial charge on any atom is -0.383 e. The molecule has 0 bridgehead atoms. The maximum absolute atomic E-state index is 13.5. The molecule has 3 nitrogen and oxygen atoms in total. The second-order valence-corrected chi connectivity index (χ2v) is 6.04. The van der Waals surface area contributed by atoms with E-state index in [0.717, 1.165) is 22.6 Å². The van der Waals surface area contributed by atoms with E-state index in [4.69, 9.17) is 10.7 Å². The molecule has 4 rings (SSSR count). The van der Waals surface area contributed by atoms with Crippen molar-refractivity contribution in [1.82, 2.24) is 9.55 Å². The van der Waals surface area contributed by atoms with Crippen molar-refractivity contribution in [3.8, 4) is 11.3 Å². The second kappa shape index (κ2) is 4.08. The predicted octanol–water partition coefficient (Wildman–Crippen LogP) is 3.79. The van der Waals surface area contributed by atoms with Gasteiger partial charge in [-0.25, -0.2) is 9.37 Å². The van der Waals surface area contributed by atoms with Crippen molar-refractivity contribution >= 4 is 5.82 Å². The molecule has 2 aliphatic carbocycles. The molecule has 0 amide bonds. The van der Waals surface area contributed by atoms with E-state index in [1.807, 2.05) is 6.92 Å². The third-order valence-corrected chi connectivity index (χ3v) is 4.28. The van der Waals surface area contributed by atoms with E-state index in [2.05, 4.69) is 4.57 Å². The van der Waals surface area contributed by atoms with Gasteiger partial charge in [0.25, 0.3) is 0 Å². The van der Waals surface area contributed by atoms with Gasteiger partial charge in [0.2, 0.25) is 0 Å². The van der Waals surface area contributed by atoms with Gasteiger partial charge in [-0.1, -0.05) is 6.07 Å². The maximum Gasteiger partial charge on any atom is 0.132 e. The Bertz CT molecular complexity index is 681. The third-order valence-electron chi connectivity index (χ3n) is 4.28. The van der Waals surface area contributed by atoms with Gasteiger partial charge in [-0.15, -0.1) is 0 Å². The predicted molar refractivity (Wildman–Crippen MR) is 77.0 cm³/mol. The molecule has 104 valence electrons. The van der Waals surface area contributed by atoms with Crippen LogP contribution >= 0.6 is 0 Å². The largest absolute Gasteiger partial charge is 0.383 e. The SMILES string of the molecule is Cc1ccc(F)cc1-c1nc(C2CC2)n(C2CC2)c1N. The monoisotopic (exact) mass is 271 g/mol. The van der Waals surface area contributed by atoms with Gasteiger partial charge in [0.15, 0.2) is 0 Å². The van der Waals surface area contributed by atoms with Crippen molar-refractivity contribution in [2.75, 3.05) is 5.73 Å². The van der Waals surface area contributed by atoms with Crippen molar-refractivity contribution in [2.24, 2.45) is 0 Å². The maximum atomic E-state index is 13.5. The number of benzene rings is 1. The number of hydrogen-bond donors (Lipinski definition) is 1. The highest BCUT2D eigenvalue weighted by Crippen LogP contribution is 2.48. The molecule has 2 aromatic rings. The van der Waals surface area contributed by atoms with Crippen LogP contribution in [-0.4, -0.2) is 9.55 Å². The fourth-order valence-corrected chi connectivity index (χ4v) is 2.86. The number of nitrogens with two attached hydrogens (primary N) is 1. The number of aromatic nitrogens is 2. The summed E-state index contributed by atoms with van der Waals surface area (Å²) in [6, 6.07) is 5.33. The molecule has 4 heteroatoms. The van der Waals surface area contributed by atoms with E-state index < -0.39 is 0 Å². The molecule has 1 aromatic carbocycles. The molecule has 1 heterocycles. The van der Waals surface area contributed by atoms with Gasteiger partial charge in [0.05, 0.1) is 0 Å². The molecule has 1 aromatic heterocycles. The summed E-state index contributed by atoms with van der Waals surface area (Å²) in [7, 11) is 0. The van der Waals surface area contributed by atoms with Gasteiger partial charge in [-0.05, 0) is 50.3 Å². The van der Waals surface area contributed by atoms with E-state index in [1.54, 1.807) is 12.1 Å². The van der Waals surface area contributed by atoms with Crippen LogP contribution in [0.4, 0.5) is 10.2 Å². The van der Waals surface area contributed by atoms with Gasteiger partial charge < -0.3 is 10.3 Å². The quantitative estimate of drug-likeness (QED) is 0.923. The second-order valence-electron chi connectivity index (χ2n) is 6.04. The van der Waals surface area contributed by atoms with Crippen LogP contribution in [0.2, 0.25) is 0 Å². The normalized spacial score (nSPS) is 18.5. The number of rotatable bonds is 3. The molecular weight excluding hydrogens is 253 g/mol. The van der Waals surface area contributed by atoms with E-state index in [9.17, 15) is 4.39 Å². The van der Waals surface area contributed by atoms with E-state index in [-0.39, 0.29) is 5.82 Å². The van der Waals surface area contributed by atoms with Crippen LogP contribution in [-0.2, 0) is 0 Å². The minimum atomic E-state index is -0.237. The lowest BCUT2D eigenvalue weighted by molar-refractivity contribution is 0.628. The van der Waals surface area contributed by atoms with Gasteiger partial charge in [-0.2, -0.15) is 0 Å². The van der Waals surface area contributed by atoms with Crippen LogP contribution < -0.4 is 5.73 Å². The number of halogens is 1. The Balaban J connectivity index is 1.89. The molecule has 2 fully saturated rings. The minimum absolute atomic E-state index is 0.237. The first-order valence-corrected chi connectivity index (χ1v) is 7.29. The lowest BCUT2D eigenvalue weighted by Crippen LogP contribution is -2.04. The fraction of sp³-hybridized carbons (Fsp3) is 0.438. The Hall–Kier alpha value is -1.84. The summed E-state index contributed by atoms with van der Waals surface area (Å²) in [5, 5.41) is 0. The Labute approximate surface area is 117 Å². The number of nitrogens with zero attached hydrogens (tertiary/aromatic N) is 2. The zero-order valence-corrected chi connectivity index (χ0v) is 11.6. The Morgan fingerprint density at radius 2 is 2.00 bits per heavy atom. The topological polar surface area (TPSA) is 43.8 Å². The molecule has 0 unspecified atom stereocenters. The molecule has 0 atom stereocenters. The molecule has 0 aliphatic heterocycles. The lowest BCUT2D eigenvalue weighted by Gasteiger charge is -2.08. The smallest absolute Gasteiger partial charge is 0.132 e. The van der Waals surface area contributed by atoms with Crippen molar-refractivity contribution in [3.05, 3.63) is 35.4 Å². The highest BCUT2D eigenvalue weighted by Gasteiger charge is 2.36. The van der Waals surface area contributed by atoms with Crippen LogP contribution in [0.3, 0.4) is 0 Å². The zero-order chi connectivity index (χ0) is 13.9. The highest BCUT2D eigenvalue weighted by molar-refractivity contribution is 5.74. The van der Waals surface area contributed by atoms with Crippen molar-refractivity contribution in [1.29, 1.82) is 0 Å². The molecule has 0 saturated heterocycles. The summed E-state index contributed by atoms with van der Waals surface area (Å²) in [5.41, 5.74) is 8.94. The summed E-state index contributed by atoms with van der Waals surface area (Å²) in [5.74, 6) is 2.14. The Kier molecular flexibility index (Phi) is 2.43. The highest BCUT2D eigenvalue weighted by atomic mass is 19.1. The summed E-state index contributed by atoms with van der Waals surface area (Å²) in [4.78, 5) is 4.78. The van der Waals surface area contributed by atoms with Crippen LogP contribution in [0.25, 0.3) is 11.3 Å². The van der Waals surface area contributed by atoms with Crippen LogP contribution in [0.5, 0.6) is 0 Å². The Morgan fingerprint density at radius 1 is 1.25 bits per heavy atom. The van der Waals surface area contributed by atoms with Gasteiger partial charge in [-0.3, -0.25) is 0 Å². The first kappa shape index (κ1) is 11.9. The molecule has 20 heavy (non-hydrogen) atoms. The van der Waals surface area contributed by atoms with E-state index in [0.29, 0.717) is 17.8 Å². The van der Waals surface area contributed by atoms with Crippen LogP contribution in [0, 0.1) is 12.7 Å². The van der Waals surface area contributed by atoms with Crippen molar-refractivity contribution in [2.45, 2.75) is 44.6 Å². The molecule has 0 radical (unpaired) electrons. The molecule has 2 saturated carbocycles. The molecular formula is C16H18FN3. The first-order valence-electron chi connectivity index (χ1n) is 7.29. The number of aryl methyl sites for hydroxylation is 1. The average molecular weight is 271 g/mol. The van der Waals surface area contributed by atoms with Gasteiger partial charge in [0, 0.05) is 17.5 Å². The van der Waals surface area contributed by atoms with Crippen molar-refractivity contribution < 1.29 is 4.39 Å². The number of imidazole rings is 1. The zero-order valence-electron chi connectivity index (χ0n) is 11.6. The van der Waals surface area contributed by atoms with Crippen molar-refractivity contribution in [3.63, 3.8) is 0 Å². The van der Waals surface area contributed by atoms with E-state index >= 15 is 0 Å². The summed E-state index contributed by atoms with van der Waals surface area (Å²) in [6.45, 7) is 1.97. The van der Waals surface area contributed by atoms with Crippen LogP contribution in [0.1, 0.15) is 49.0 Å². The molecule has 2 aliphatic rings. The summed E-state index contributed by atoms with van der Waals surface area (Å²) < 4.78 is 15.7. The fourth-order valence-electron chi connectivity index (χ4n) is 2.86. The first-order chi connectivity index (χ1) is 9.65. The molecule has 2 N–H and O–H groups in total. The van der Waals surface area contributed by atoms with Gasteiger partial charge >= 0.3 is 0 Å². The number of anilines is 1. The average Bonchev–Trinajstić information content (AvgIpc) is 3.31. The van der Waals surface area contributed by atoms with Crippen LogP contribution in [0.15, 0.2) is 18.2 Å². The molecule has 0 spiro atoms. The number of hydrogen-bond acceptors (Lipinski definition) is 2. The van der Waals surface area contributed by atoms with Gasteiger partial charge in [0.1, 0.15) is 23.2 Å².